The highest BCUT2D eigenvalue weighted by molar-refractivity contribution is 6.25. The van der Waals surface area contributed by atoms with Crippen molar-refractivity contribution in [3.63, 3.8) is 0 Å². The van der Waals surface area contributed by atoms with Gasteiger partial charge in [0.2, 0.25) is 0 Å². The fourth-order valence-electron chi connectivity index (χ4n) is 1.69. The van der Waals surface area contributed by atoms with Crippen LogP contribution in [0.2, 0.25) is 0 Å². The normalized spacial score (nSPS) is 19.6. The van der Waals surface area contributed by atoms with Crippen molar-refractivity contribution in [2.24, 2.45) is 4.99 Å². The van der Waals surface area contributed by atoms with Crippen LogP contribution in [0.25, 0.3) is 0 Å². The van der Waals surface area contributed by atoms with Crippen LogP contribution in [0, 0.1) is 5.82 Å². The zero-order valence-electron chi connectivity index (χ0n) is 9.45. The Bertz CT molecular complexity index is 520. The number of pyridine rings is 1. The molecule has 17 heavy (non-hydrogen) atoms. The highest BCUT2D eigenvalue weighted by Gasteiger charge is 2.22. The van der Waals surface area contributed by atoms with Gasteiger partial charge in [0.05, 0.1) is 11.1 Å². The van der Waals surface area contributed by atoms with E-state index in [1.54, 1.807) is 18.5 Å². The largest absolute Gasteiger partial charge is 0.259 e. The molecule has 2 nitrogen and oxygen atoms in total. The summed E-state index contributed by atoms with van der Waals surface area (Å²) in [7, 11) is 0. The molecule has 2 rings (SSSR count). The maximum absolute atomic E-state index is 13.5. The van der Waals surface area contributed by atoms with Gasteiger partial charge in [-0.1, -0.05) is 12.2 Å². The lowest BCUT2D eigenvalue weighted by Gasteiger charge is -2.19. The molecule has 0 amide bonds. The molecule has 0 bridgehead atoms. The standard InChI is InChI=1S/C13H12ClFN2/c1-8(2)9-7-17-12(6-10(9)14)13-11(15)4-3-5-16-13/h3-5,7,10H,1,6H2,2H3. The SMILES string of the molecule is C=C(C)C1=CN=C(c2ncccc2F)CC1Cl. The van der Waals surface area contributed by atoms with Gasteiger partial charge in [-0.3, -0.25) is 9.98 Å². The summed E-state index contributed by atoms with van der Waals surface area (Å²) >= 11 is 6.21. The summed E-state index contributed by atoms with van der Waals surface area (Å²) in [5, 5.41) is -0.221. The number of halogens is 2. The monoisotopic (exact) mass is 250 g/mol. The number of alkyl halides is 1. The Morgan fingerprint density at radius 2 is 2.35 bits per heavy atom. The molecule has 1 unspecified atom stereocenters. The van der Waals surface area contributed by atoms with Gasteiger partial charge in [-0.05, 0) is 24.6 Å². The van der Waals surface area contributed by atoms with Gasteiger partial charge in [0.15, 0.2) is 5.82 Å². The smallest absolute Gasteiger partial charge is 0.150 e. The Morgan fingerprint density at radius 1 is 1.59 bits per heavy atom. The van der Waals surface area contributed by atoms with Crippen LogP contribution in [0.1, 0.15) is 19.0 Å². The van der Waals surface area contributed by atoms with Gasteiger partial charge >= 0.3 is 0 Å². The zero-order chi connectivity index (χ0) is 12.4. The van der Waals surface area contributed by atoms with Crippen LogP contribution in [0.15, 0.2) is 47.2 Å². The first-order chi connectivity index (χ1) is 8.09. The van der Waals surface area contributed by atoms with Crippen LogP contribution < -0.4 is 0 Å². The van der Waals surface area contributed by atoms with Crippen LogP contribution in [-0.2, 0) is 0 Å². The van der Waals surface area contributed by atoms with E-state index in [0.717, 1.165) is 11.1 Å². The van der Waals surface area contributed by atoms with Crippen molar-refractivity contribution in [1.82, 2.24) is 4.98 Å². The molecule has 1 aromatic heterocycles. The number of rotatable bonds is 2. The average Bonchev–Trinajstić information content (AvgIpc) is 2.29. The molecule has 4 heteroatoms. The molecule has 0 N–H and O–H groups in total. The number of hydrogen-bond donors (Lipinski definition) is 0. The summed E-state index contributed by atoms with van der Waals surface area (Å²) in [6, 6.07) is 2.92. The topological polar surface area (TPSA) is 25.2 Å². The van der Waals surface area contributed by atoms with Crippen molar-refractivity contribution in [2.75, 3.05) is 0 Å². The fourth-order valence-corrected chi connectivity index (χ4v) is 2.08. The lowest BCUT2D eigenvalue weighted by atomic mass is 9.98. The Kier molecular flexibility index (Phi) is 3.38. The van der Waals surface area contributed by atoms with Gasteiger partial charge in [0.25, 0.3) is 0 Å². The minimum Gasteiger partial charge on any atom is -0.259 e. The summed E-state index contributed by atoms with van der Waals surface area (Å²) in [6.07, 6.45) is 3.66. The zero-order valence-corrected chi connectivity index (χ0v) is 10.2. The van der Waals surface area contributed by atoms with E-state index < -0.39 is 0 Å². The molecule has 0 fully saturated rings. The van der Waals surface area contributed by atoms with Gasteiger partial charge in [0, 0.05) is 18.8 Å². The van der Waals surface area contributed by atoms with Gasteiger partial charge < -0.3 is 0 Å². The molecular formula is C13H12ClFN2. The fraction of sp³-hybridized carbons (Fsp3) is 0.231. The molecular weight excluding hydrogens is 239 g/mol. The molecule has 88 valence electrons. The molecule has 2 heterocycles. The van der Waals surface area contributed by atoms with Gasteiger partial charge in [-0.25, -0.2) is 4.39 Å². The number of nitrogens with zero attached hydrogens (tertiary/aromatic N) is 2. The number of hydrogen-bond acceptors (Lipinski definition) is 2. The van der Waals surface area contributed by atoms with Crippen LogP contribution in [0.5, 0.6) is 0 Å². The van der Waals surface area contributed by atoms with E-state index in [4.69, 9.17) is 11.6 Å². The highest BCUT2D eigenvalue weighted by atomic mass is 35.5. The minimum absolute atomic E-state index is 0.221. The molecule has 1 aliphatic heterocycles. The predicted molar refractivity (Wildman–Crippen MR) is 67.9 cm³/mol. The highest BCUT2D eigenvalue weighted by Crippen LogP contribution is 2.26. The van der Waals surface area contributed by atoms with E-state index in [9.17, 15) is 4.39 Å². The first-order valence-electron chi connectivity index (χ1n) is 5.27. The summed E-state index contributed by atoms with van der Waals surface area (Å²) in [4.78, 5) is 8.21. The number of aliphatic imine (C=N–C) groups is 1. The van der Waals surface area contributed by atoms with Gasteiger partial charge in [0.1, 0.15) is 5.69 Å². The van der Waals surface area contributed by atoms with Gasteiger partial charge in [-0.2, -0.15) is 0 Å². The van der Waals surface area contributed by atoms with Crippen LogP contribution >= 0.6 is 11.6 Å². The molecule has 1 atom stereocenters. The molecule has 0 saturated carbocycles. The third-order valence-corrected chi connectivity index (χ3v) is 2.98. The third kappa shape index (κ3) is 2.44. The summed E-state index contributed by atoms with van der Waals surface area (Å²) in [5.41, 5.74) is 2.63. The molecule has 0 aromatic carbocycles. The average molecular weight is 251 g/mol. The first-order valence-corrected chi connectivity index (χ1v) is 5.71. The Balaban J connectivity index is 2.38. The number of allylic oxidation sites excluding steroid dienone is 2. The van der Waals surface area contributed by atoms with Crippen molar-refractivity contribution in [1.29, 1.82) is 0 Å². The van der Waals surface area contributed by atoms with E-state index >= 15 is 0 Å². The molecule has 0 aliphatic carbocycles. The van der Waals surface area contributed by atoms with Crippen molar-refractivity contribution in [3.05, 3.63) is 53.8 Å². The van der Waals surface area contributed by atoms with Crippen molar-refractivity contribution in [2.45, 2.75) is 18.7 Å². The van der Waals surface area contributed by atoms with E-state index in [-0.39, 0.29) is 16.9 Å². The minimum atomic E-state index is -0.373. The summed E-state index contributed by atoms with van der Waals surface area (Å²) in [5.74, 6) is -0.373. The molecule has 1 aliphatic rings. The lowest BCUT2D eigenvalue weighted by Crippen LogP contribution is -2.18. The molecule has 0 spiro atoms. The summed E-state index contributed by atoms with van der Waals surface area (Å²) in [6.45, 7) is 5.71. The predicted octanol–water partition coefficient (Wildman–Crippen LogP) is 3.48. The van der Waals surface area contributed by atoms with E-state index in [1.165, 1.54) is 6.07 Å². The first kappa shape index (κ1) is 12.0. The Labute approximate surface area is 105 Å². The molecule has 0 saturated heterocycles. The van der Waals surface area contributed by atoms with E-state index in [2.05, 4.69) is 16.6 Å². The molecule has 0 radical (unpaired) electrons. The third-order valence-electron chi connectivity index (χ3n) is 2.59. The Morgan fingerprint density at radius 3 is 2.94 bits per heavy atom. The second-order valence-corrected chi connectivity index (χ2v) is 4.47. The quantitative estimate of drug-likeness (QED) is 0.738. The lowest BCUT2D eigenvalue weighted by molar-refractivity contribution is 0.617. The van der Waals surface area contributed by atoms with Crippen LogP contribution in [-0.4, -0.2) is 16.1 Å². The van der Waals surface area contributed by atoms with E-state index in [1.807, 2.05) is 6.92 Å². The maximum Gasteiger partial charge on any atom is 0.150 e. The second-order valence-electron chi connectivity index (χ2n) is 3.95. The van der Waals surface area contributed by atoms with Crippen molar-refractivity contribution in [3.8, 4) is 0 Å². The Hall–Kier alpha value is -1.48. The second kappa shape index (κ2) is 4.80. The van der Waals surface area contributed by atoms with E-state index in [0.29, 0.717) is 12.1 Å². The maximum atomic E-state index is 13.5. The summed E-state index contributed by atoms with van der Waals surface area (Å²) < 4.78 is 13.5. The van der Waals surface area contributed by atoms with Crippen LogP contribution in [0.3, 0.4) is 0 Å². The number of aromatic nitrogens is 1. The van der Waals surface area contributed by atoms with Gasteiger partial charge in [-0.15, -0.1) is 11.6 Å². The van der Waals surface area contributed by atoms with Crippen LogP contribution in [0.4, 0.5) is 4.39 Å². The van der Waals surface area contributed by atoms with Crippen molar-refractivity contribution >= 4 is 17.3 Å². The molecule has 1 aromatic rings. The van der Waals surface area contributed by atoms with Crippen molar-refractivity contribution < 1.29 is 4.39 Å².